The first kappa shape index (κ1) is 18.2. The fraction of sp³-hybridized carbons (Fsp3) is 0.381. The molecule has 2 aliphatic rings. The molecule has 142 valence electrons. The summed E-state index contributed by atoms with van der Waals surface area (Å²) >= 11 is 1.61. The van der Waals surface area contributed by atoms with Gasteiger partial charge in [0, 0.05) is 11.3 Å². The van der Waals surface area contributed by atoms with Gasteiger partial charge in [-0.3, -0.25) is 10.1 Å². The molecule has 0 spiro atoms. The Hall–Kier alpha value is -2.18. The predicted molar refractivity (Wildman–Crippen MR) is 106 cm³/mol. The van der Waals surface area contributed by atoms with Crippen molar-refractivity contribution in [3.05, 3.63) is 58.7 Å². The zero-order valence-electron chi connectivity index (χ0n) is 15.2. The van der Waals surface area contributed by atoms with Crippen LogP contribution < -0.4 is 14.8 Å². The van der Waals surface area contributed by atoms with Crippen LogP contribution in [-0.2, 0) is 24.2 Å². The average Bonchev–Trinajstić information content (AvgIpc) is 3.35. The van der Waals surface area contributed by atoms with E-state index in [9.17, 15) is 9.90 Å². The second-order valence-electron chi connectivity index (χ2n) is 6.91. The van der Waals surface area contributed by atoms with Gasteiger partial charge in [0.1, 0.15) is 24.1 Å². The van der Waals surface area contributed by atoms with Gasteiger partial charge in [-0.05, 0) is 60.2 Å². The van der Waals surface area contributed by atoms with Crippen molar-refractivity contribution in [3.63, 3.8) is 0 Å². The average molecular weight is 385 g/mol. The van der Waals surface area contributed by atoms with Gasteiger partial charge in [0.05, 0.1) is 12.5 Å². The van der Waals surface area contributed by atoms with Crippen LogP contribution in [0, 0.1) is 0 Å². The molecule has 5 nitrogen and oxygen atoms in total. The second-order valence-corrected chi connectivity index (χ2v) is 8.05. The Bertz CT molecular complexity index is 854. The number of rotatable bonds is 6. The molecule has 0 bridgehead atoms. The van der Waals surface area contributed by atoms with Crippen molar-refractivity contribution in [2.45, 2.75) is 37.3 Å². The van der Waals surface area contributed by atoms with Crippen LogP contribution in [0.3, 0.4) is 0 Å². The molecule has 4 rings (SSSR count). The van der Waals surface area contributed by atoms with Crippen molar-refractivity contribution >= 4 is 17.7 Å². The first-order valence-electron chi connectivity index (χ1n) is 9.16. The lowest BCUT2D eigenvalue weighted by molar-refractivity contribution is -0.138. The van der Waals surface area contributed by atoms with Crippen LogP contribution in [0.1, 0.15) is 34.0 Å². The summed E-state index contributed by atoms with van der Waals surface area (Å²) < 4.78 is 11.5. The first-order valence-corrected chi connectivity index (χ1v) is 10.2. The molecular weight excluding hydrogens is 362 g/mol. The number of benzene rings is 2. The Morgan fingerprint density at radius 2 is 2.07 bits per heavy atom. The Morgan fingerprint density at radius 1 is 1.22 bits per heavy atom. The van der Waals surface area contributed by atoms with E-state index in [1.165, 1.54) is 17.5 Å². The quantitative estimate of drug-likeness (QED) is 0.793. The number of carbonyl (C=O) groups is 1. The summed E-state index contributed by atoms with van der Waals surface area (Å²) in [5.74, 6) is 1.41. The van der Waals surface area contributed by atoms with Gasteiger partial charge in [-0.2, -0.15) is 0 Å². The van der Waals surface area contributed by atoms with E-state index in [1.807, 2.05) is 24.3 Å². The van der Waals surface area contributed by atoms with Crippen LogP contribution in [0.25, 0.3) is 0 Å². The molecule has 0 radical (unpaired) electrons. The highest BCUT2D eigenvalue weighted by atomic mass is 32.2. The monoisotopic (exact) mass is 385 g/mol. The van der Waals surface area contributed by atoms with Crippen molar-refractivity contribution < 1.29 is 19.4 Å². The van der Waals surface area contributed by atoms with Crippen LogP contribution >= 0.6 is 11.8 Å². The number of hydrogen-bond acceptors (Lipinski definition) is 5. The molecule has 2 aromatic rings. The SMILES string of the molecule is COc1ccc([C@H]2N[C@H](C(=O)O)CS2)cc1COc1ccc2c(c1)CCC2. The summed E-state index contributed by atoms with van der Waals surface area (Å²) in [6.07, 6.45) is 3.51. The molecule has 0 aromatic heterocycles. The maximum absolute atomic E-state index is 11.2. The van der Waals surface area contributed by atoms with E-state index < -0.39 is 12.0 Å². The zero-order valence-corrected chi connectivity index (χ0v) is 16.1. The number of fused-ring (bicyclic) bond motifs is 1. The molecule has 1 heterocycles. The molecule has 2 aromatic carbocycles. The second kappa shape index (κ2) is 7.82. The maximum Gasteiger partial charge on any atom is 0.321 e. The lowest BCUT2D eigenvalue weighted by Gasteiger charge is -2.16. The number of thioether (sulfide) groups is 1. The number of ether oxygens (including phenoxy) is 2. The zero-order chi connectivity index (χ0) is 18.8. The Morgan fingerprint density at radius 3 is 2.85 bits per heavy atom. The van der Waals surface area contributed by atoms with Crippen molar-refractivity contribution in [1.82, 2.24) is 5.32 Å². The van der Waals surface area contributed by atoms with Crippen LogP contribution in [0.2, 0.25) is 0 Å². The van der Waals surface area contributed by atoms with E-state index in [0.717, 1.165) is 35.5 Å². The van der Waals surface area contributed by atoms with Crippen LogP contribution in [-0.4, -0.2) is 30.0 Å². The van der Waals surface area contributed by atoms with Crippen molar-refractivity contribution in [2.75, 3.05) is 12.9 Å². The predicted octanol–water partition coefficient (Wildman–Crippen LogP) is 3.55. The molecule has 27 heavy (non-hydrogen) atoms. The summed E-state index contributed by atoms with van der Waals surface area (Å²) in [4.78, 5) is 11.2. The number of carboxylic acids is 1. The van der Waals surface area contributed by atoms with Crippen LogP contribution in [0.4, 0.5) is 0 Å². The van der Waals surface area contributed by atoms with Gasteiger partial charge >= 0.3 is 5.97 Å². The summed E-state index contributed by atoms with van der Waals surface area (Å²) in [5, 5.41) is 12.3. The van der Waals surface area contributed by atoms with E-state index in [2.05, 4.69) is 17.4 Å². The topological polar surface area (TPSA) is 67.8 Å². The number of hydrogen-bond donors (Lipinski definition) is 2. The molecule has 2 N–H and O–H groups in total. The molecule has 0 unspecified atom stereocenters. The fourth-order valence-electron chi connectivity index (χ4n) is 3.68. The summed E-state index contributed by atoms with van der Waals surface area (Å²) in [6, 6.07) is 11.8. The highest BCUT2D eigenvalue weighted by Gasteiger charge is 2.30. The lowest BCUT2D eigenvalue weighted by Crippen LogP contribution is -2.33. The third-order valence-electron chi connectivity index (χ3n) is 5.15. The minimum absolute atomic E-state index is 0.0317. The smallest absolute Gasteiger partial charge is 0.321 e. The third kappa shape index (κ3) is 3.92. The molecule has 1 aliphatic heterocycles. The molecule has 2 atom stereocenters. The summed E-state index contributed by atoms with van der Waals surface area (Å²) in [5.41, 5.74) is 4.81. The van der Waals surface area contributed by atoms with Gasteiger partial charge in [0.2, 0.25) is 0 Å². The molecule has 0 amide bonds. The minimum atomic E-state index is -0.807. The third-order valence-corrected chi connectivity index (χ3v) is 6.42. The largest absolute Gasteiger partial charge is 0.496 e. The minimum Gasteiger partial charge on any atom is -0.496 e. The highest BCUT2D eigenvalue weighted by molar-refractivity contribution is 7.99. The van der Waals surface area contributed by atoms with Gasteiger partial charge in [0.15, 0.2) is 0 Å². The maximum atomic E-state index is 11.2. The van der Waals surface area contributed by atoms with Crippen LogP contribution in [0.15, 0.2) is 36.4 Å². The molecule has 0 saturated carbocycles. The van der Waals surface area contributed by atoms with E-state index in [-0.39, 0.29) is 5.37 Å². The van der Waals surface area contributed by atoms with Gasteiger partial charge in [-0.25, -0.2) is 0 Å². The van der Waals surface area contributed by atoms with Gasteiger partial charge in [-0.1, -0.05) is 12.1 Å². The Labute approximate surface area is 163 Å². The number of aryl methyl sites for hydroxylation is 2. The molecule has 1 saturated heterocycles. The number of methoxy groups -OCH3 is 1. The lowest BCUT2D eigenvalue weighted by atomic mass is 10.1. The molecule has 1 aliphatic carbocycles. The molecule has 6 heteroatoms. The van der Waals surface area contributed by atoms with Crippen molar-refractivity contribution in [3.8, 4) is 11.5 Å². The van der Waals surface area contributed by atoms with Crippen molar-refractivity contribution in [1.29, 1.82) is 0 Å². The van der Waals surface area contributed by atoms with Gasteiger partial charge < -0.3 is 14.6 Å². The van der Waals surface area contributed by atoms with E-state index in [0.29, 0.717) is 12.4 Å². The van der Waals surface area contributed by atoms with Crippen molar-refractivity contribution in [2.24, 2.45) is 0 Å². The summed E-state index contributed by atoms with van der Waals surface area (Å²) in [7, 11) is 1.65. The number of aliphatic carboxylic acids is 1. The number of nitrogens with one attached hydrogen (secondary N) is 1. The fourth-order valence-corrected chi connectivity index (χ4v) is 4.90. The van der Waals surface area contributed by atoms with Gasteiger partial charge in [0.25, 0.3) is 0 Å². The van der Waals surface area contributed by atoms with E-state index >= 15 is 0 Å². The Kier molecular flexibility index (Phi) is 5.27. The van der Waals surface area contributed by atoms with Gasteiger partial charge in [-0.15, -0.1) is 11.8 Å². The number of carboxylic acid groups (broad SMARTS) is 1. The van der Waals surface area contributed by atoms with E-state index in [1.54, 1.807) is 18.9 Å². The molecule has 1 fully saturated rings. The normalized spacial score (nSPS) is 21.1. The molecular formula is C21H23NO4S. The summed E-state index contributed by atoms with van der Waals surface area (Å²) in [6.45, 7) is 0.412. The highest BCUT2D eigenvalue weighted by Crippen LogP contribution is 2.35. The standard InChI is InChI=1S/C21H23NO4S/c1-25-19-8-6-15(20-22-18(12-27-20)21(23)24)9-16(19)11-26-17-7-5-13-3-2-4-14(13)10-17/h5-10,18,20,22H,2-4,11-12H2,1H3,(H,23,24)/t18-,20-/m0/s1. The van der Waals surface area contributed by atoms with E-state index in [4.69, 9.17) is 9.47 Å². The first-order chi connectivity index (χ1) is 13.1. The Balaban J connectivity index is 1.49. The van der Waals surface area contributed by atoms with Crippen LogP contribution in [0.5, 0.6) is 11.5 Å².